The molecule has 1 saturated heterocycles. The van der Waals surface area contributed by atoms with Crippen LogP contribution in [0.25, 0.3) is 0 Å². The highest BCUT2D eigenvalue weighted by molar-refractivity contribution is 6.32. The van der Waals surface area contributed by atoms with Crippen molar-refractivity contribution in [3.8, 4) is 11.5 Å². The minimum atomic E-state index is 0.136. The van der Waals surface area contributed by atoms with Crippen molar-refractivity contribution in [3.63, 3.8) is 0 Å². The summed E-state index contributed by atoms with van der Waals surface area (Å²) in [5, 5.41) is 6.92. The zero-order valence-electron chi connectivity index (χ0n) is 13.9. The number of halogens is 1. The van der Waals surface area contributed by atoms with E-state index in [0.717, 1.165) is 31.5 Å². The molecule has 0 aromatic heterocycles. The van der Waals surface area contributed by atoms with E-state index in [0.29, 0.717) is 48.6 Å². The van der Waals surface area contributed by atoms with Gasteiger partial charge in [-0.25, -0.2) is 0 Å². The van der Waals surface area contributed by atoms with E-state index in [1.807, 2.05) is 12.1 Å². The van der Waals surface area contributed by atoms with Crippen LogP contribution in [0.1, 0.15) is 31.2 Å². The summed E-state index contributed by atoms with van der Waals surface area (Å²) in [4.78, 5) is 12.0. The van der Waals surface area contributed by atoms with Crippen LogP contribution in [-0.2, 0) is 11.2 Å². The highest BCUT2D eigenvalue weighted by Gasteiger charge is 2.17. The van der Waals surface area contributed by atoms with Gasteiger partial charge in [0.15, 0.2) is 11.5 Å². The molecule has 0 aliphatic carbocycles. The molecule has 1 amide bonds. The van der Waals surface area contributed by atoms with Crippen LogP contribution in [0, 0.1) is 5.92 Å². The molecule has 5 nitrogen and oxygen atoms in total. The summed E-state index contributed by atoms with van der Waals surface area (Å²) in [5.41, 5.74) is 1.04. The summed E-state index contributed by atoms with van der Waals surface area (Å²) in [6.45, 7) is 3.84. The SMILES string of the molecule is O=C(CCC1CCNCC1)NCCc1cc(Cl)c2c(c1)OCCO2. The Morgan fingerprint density at radius 1 is 1.25 bits per heavy atom. The fraction of sp³-hybridized carbons (Fsp3) is 0.611. The molecular formula is C18H25ClN2O3. The first kappa shape index (κ1) is 17.4. The second-order valence-corrected chi connectivity index (χ2v) is 6.84. The molecule has 2 heterocycles. The summed E-state index contributed by atoms with van der Waals surface area (Å²) < 4.78 is 11.1. The van der Waals surface area contributed by atoms with Crippen molar-refractivity contribution >= 4 is 17.5 Å². The van der Waals surface area contributed by atoms with Gasteiger partial charge in [-0.15, -0.1) is 0 Å². The second kappa shape index (κ2) is 8.58. The molecule has 6 heteroatoms. The van der Waals surface area contributed by atoms with E-state index in [-0.39, 0.29) is 5.91 Å². The van der Waals surface area contributed by atoms with E-state index < -0.39 is 0 Å². The predicted molar refractivity (Wildman–Crippen MR) is 94.0 cm³/mol. The quantitative estimate of drug-likeness (QED) is 0.826. The molecule has 132 valence electrons. The average Bonchev–Trinajstić information content (AvgIpc) is 2.61. The second-order valence-electron chi connectivity index (χ2n) is 6.43. The van der Waals surface area contributed by atoms with Crippen molar-refractivity contribution in [2.75, 3.05) is 32.8 Å². The molecule has 0 atom stereocenters. The smallest absolute Gasteiger partial charge is 0.220 e. The minimum Gasteiger partial charge on any atom is -0.486 e. The Labute approximate surface area is 148 Å². The van der Waals surface area contributed by atoms with E-state index in [4.69, 9.17) is 21.1 Å². The molecule has 3 rings (SSSR count). The van der Waals surface area contributed by atoms with E-state index in [2.05, 4.69) is 10.6 Å². The van der Waals surface area contributed by atoms with E-state index in [1.165, 1.54) is 12.8 Å². The molecule has 0 bridgehead atoms. The van der Waals surface area contributed by atoms with Crippen molar-refractivity contribution in [1.29, 1.82) is 0 Å². The minimum absolute atomic E-state index is 0.136. The van der Waals surface area contributed by atoms with Gasteiger partial charge in [0, 0.05) is 13.0 Å². The van der Waals surface area contributed by atoms with E-state index in [9.17, 15) is 4.79 Å². The number of hydrogen-bond acceptors (Lipinski definition) is 4. The summed E-state index contributed by atoms with van der Waals surface area (Å²) >= 11 is 6.23. The van der Waals surface area contributed by atoms with Gasteiger partial charge in [-0.3, -0.25) is 4.79 Å². The van der Waals surface area contributed by atoms with Crippen LogP contribution in [0.15, 0.2) is 12.1 Å². The maximum Gasteiger partial charge on any atom is 0.220 e. The Bertz CT molecular complexity index is 574. The highest BCUT2D eigenvalue weighted by atomic mass is 35.5. The van der Waals surface area contributed by atoms with Crippen LogP contribution in [0.2, 0.25) is 5.02 Å². The number of amides is 1. The molecule has 0 unspecified atom stereocenters. The lowest BCUT2D eigenvalue weighted by atomic mass is 9.93. The number of rotatable bonds is 6. The zero-order valence-corrected chi connectivity index (χ0v) is 14.7. The summed E-state index contributed by atoms with van der Waals surface area (Å²) in [7, 11) is 0. The molecule has 2 N–H and O–H groups in total. The molecular weight excluding hydrogens is 328 g/mol. The molecule has 1 aromatic rings. The van der Waals surface area contributed by atoms with Gasteiger partial charge in [-0.1, -0.05) is 11.6 Å². The Morgan fingerprint density at radius 2 is 2.04 bits per heavy atom. The van der Waals surface area contributed by atoms with Crippen LogP contribution < -0.4 is 20.1 Å². The number of benzene rings is 1. The van der Waals surface area contributed by atoms with Gasteiger partial charge in [0.05, 0.1) is 5.02 Å². The first-order valence-corrected chi connectivity index (χ1v) is 9.15. The third-order valence-electron chi connectivity index (χ3n) is 4.63. The van der Waals surface area contributed by atoms with Crippen LogP contribution in [-0.4, -0.2) is 38.8 Å². The monoisotopic (exact) mass is 352 g/mol. The average molecular weight is 353 g/mol. The molecule has 0 spiro atoms. The number of carbonyl (C=O) groups excluding carboxylic acids is 1. The third kappa shape index (κ3) is 4.77. The number of hydrogen-bond donors (Lipinski definition) is 2. The van der Waals surface area contributed by atoms with E-state index in [1.54, 1.807) is 0 Å². The van der Waals surface area contributed by atoms with Gasteiger partial charge in [-0.05, 0) is 62.4 Å². The highest BCUT2D eigenvalue weighted by Crippen LogP contribution is 2.38. The number of ether oxygens (including phenoxy) is 2. The van der Waals surface area contributed by atoms with Crippen molar-refractivity contribution in [2.45, 2.75) is 32.1 Å². The van der Waals surface area contributed by atoms with Crippen molar-refractivity contribution in [3.05, 3.63) is 22.7 Å². The van der Waals surface area contributed by atoms with Crippen LogP contribution in [0.5, 0.6) is 11.5 Å². The van der Waals surface area contributed by atoms with Crippen molar-refractivity contribution in [2.24, 2.45) is 5.92 Å². The van der Waals surface area contributed by atoms with Gasteiger partial charge in [-0.2, -0.15) is 0 Å². The number of fused-ring (bicyclic) bond motifs is 1. The summed E-state index contributed by atoms with van der Waals surface area (Å²) in [6, 6.07) is 3.83. The molecule has 1 fully saturated rings. The molecule has 0 radical (unpaired) electrons. The maximum atomic E-state index is 12.0. The molecule has 2 aliphatic heterocycles. The van der Waals surface area contributed by atoms with E-state index >= 15 is 0 Å². The lowest BCUT2D eigenvalue weighted by Crippen LogP contribution is -2.30. The van der Waals surface area contributed by atoms with Crippen LogP contribution in [0.4, 0.5) is 0 Å². The lowest BCUT2D eigenvalue weighted by Gasteiger charge is -2.22. The Balaban J connectivity index is 1.41. The number of carbonyl (C=O) groups is 1. The molecule has 2 aliphatic rings. The summed E-state index contributed by atoms with van der Waals surface area (Å²) in [5.74, 6) is 2.14. The molecule has 1 aromatic carbocycles. The van der Waals surface area contributed by atoms with Crippen molar-refractivity contribution < 1.29 is 14.3 Å². The fourth-order valence-electron chi connectivity index (χ4n) is 3.25. The van der Waals surface area contributed by atoms with Gasteiger partial charge in [0.25, 0.3) is 0 Å². The van der Waals surface area contributed by atoms with Gasteiger partial charge >= 0.3 is 0 Å². The van der Waals surface area contributed by atoms with Crippen molar-refractivity contribution in [1.82, 2.24) is 10.6 Å². The Kier molecular flexibility index (Phi) is 6.21. The van der Waals surface area contributed by atoms with Gasteiger partial charge in [0.2, 0.25) is 5.91 Å². The number of piperidine rings is 1. The van der Waals surface area contributed by atoms with Gasteiger partial charge < -0.3 is 20.1 Å². The number of nitrogens with one attached hydrogen (secondary N) is 2. The third-order valence-corrected chi connectivity index (χ3v) is 4.91. The molecule has 24 heavy (non-hydrogen) atoms. The molecule has 0 saturated carbocycles. The Morgan fingerprint density at radius 3 is 2.88 bits per heavy atom. The first-order valence-electron chi connectivity index (χ1n) is 8.78. The van der Waals surface area contributed by atoms with Crippen LogP contribution in [0.3, 0.4) is 0 Å². The largest absolute Gasteiger partial charge is 0.486 e. The zero-order chi connectivity index (χ0) is 16.8. The normalized spacial score (nSPS) is 17.5. The predicted octanol–water partition coefficient (Wildman–Crippen LogP) is 2.55. The lowest BCUT2D eigenvalue weighted by molar-refractivity contribution is -0.121. The summed E-state index contributed by atoms with van der Waals surface area (Å²) in [6.07, 6.45) is 4.71. The Hall–Kier alpha value is -1.46. The first-order chi connectivity index (χ1) is 11.7. The topological polar surface area (TPSA) is 59.6 Å². The maximum absolute atomic E-state index is 12.0. The fourth-order valence-corrected chi connectivity index (χ4v) is 3.54. The standard InChI is InChI=1S/C18H25ClN2O3/c19-15-11-14(12-16-18(15)24-10-9-23-16)5-8-21-17(22)2-1-13-3-6-20-7-4-13/h11-13,20H,1-10H2,(H,21,22). The van der Waals surface area contributed by atoms with Gasteiger partial charge in [0.1, 0.15) is 13.2 Å². The van der Waals surface area contributed by atoms with Crippen LogP contribution >= 0.6 is 11.6 Å².